The molecule has 0 amide bonds. The van der Waals surface area contributed by atoms with Crippen LogP contribution in [0.3, 0.4) is 0 Å². The van der Waals surface area contributed by atoms with Gasteiger partial charge in [0.2, 0.25) is 6.79 Å². The Balaban J connectivity index is 1.62. The molecular formula is C29H25N3O6S. The van der Waals surface area contributed by atoms with Crippen LogP contribution in [0.15, 0.2) is 80.4 Å². The molecule has 0 bridgehead atoms. The van der Waals surface area contributed by atoms with Gasteiger partial charge in [-0.05, 0) is 30.7 Å². The second kappa shape index (κ2) is 9.95. The first-order valence-corrected chi connectivity index (χ1v) is 13.2. The van der Waals surface area contributed by atoms with Crippen molar-refractivity contribution >= 4 is 35.0 Å². The third kappa shape index (κ3) is 4.42. The van der Waals surface area contributed by atoms with Crippen LogP contribution in [0.5, 0.6) is 11.5 Å². The van der Waals surface area contributed by atoms with Crippen molar-refractivity contribution in [3.05, 3.63) is 103 Å². The third-order valence-corrected chi connectivity index (χ3v) is 7.40. The monoisotopic (exact) mass is 543 g/mol. The number of hydrogen-bond donors (Lipinski definition) is 0. The number of fused-ring (bicyclic) bond motifs is 2. The van der Waals surface area contributed by atoms with Gasteiger partial charge >= 0.3 is 5.97 Å². The van der Waals surface area contributed by atoms with E-state index in [0.717, 1.165) is 5.56 Å². The number of carbonyl (C=O) groups excluding carboxylic acids is 1. The van der Waals surface area contributed by atoms with Gasteiger partial charge < -0.3 is 23.5 Å². The Morgan fingerprint density at radius 1 is 1.13 bits per heavy atom. The molecule has 4 heterocycles. The van der Waals surface area contributed by atoms with Gasteiger partial charge in [-0.3, -0.25) is 9.36 Å². The van der Waals surface area contributed by atoms with Crippen LogP contribution in [0.1, 0.15) is 29.9 Å². The SMILES string of the molecule is CCOC(=O)C1=C(c2ccccc2)N=c2sc(=Cc3ccc(N(C)C)o3)c(=O)n2[C@H]1c1ccc2c(c1)OCO2. The second-order valence-electron chi connectivity index (χ2n) is 9.11. The molecule has 9 nitrogen and oxygen atoms in total. The van der Waals surface area contributed by atoms with Gasteiger partial charge in [-0.2, -0.15) is 0 Å². The minimum absolute atomic E-state index is 0.107. The molecule has 10 heteroatoms. The lowest BCUT2D eigenvalue weighted by Crippen LogP contribution is -2.40. The van der Waals surface area contributed by atoms with E-state index in [1.54, 1.807) is 29.7 Å². The summed E-state index contributed by atoms with van der Waals surface area (Å²) in [6.45, 7) is 2.03. The highest BCUT2D eigenvalue weighted by molar-refractivity contribution is 7.07. The number of benzene rings is 2. The van der Waals surface area contributed by atoms with E-state index in [1.165, 1.54) is 11.3 Å². The number of esters is 1. The molecular weight excluding hydrogens is 518 g/mol. The molecule has 0 fully saturated rings. The Morgan fingerprint density at radius 2 is 1.92 bits per heavy atom. The quantitative estimate of drug-likeness (QED) is 0.344. The van der Waals surface area contributed by atoms with E-state index in [1.807, 2.05) is 67.5 Å². The largest absolute Gasteiger partial charge is 0.463 e. The lowest BCUT2D eigenvalue weighted by atomic mass is 9.93. The van der Waals surface area contributed by atoms with Crippen LogP contribution in [-0.2, 0) is 9.53 Å². The Labute approximate surface area is 227 Å². The minimum Gasteiger partial charge on any atom is -0.463 e. The molecule has 2 aromatic carbocycles. The highest BCUT2D eigenvalue weighted by Gasteiger charge is 2.36. The molecule has 0 unspecified atom stereocenters. The van der Waals surface area contributed by atoms with Crippen molar-refractivity contribution in [1.29, 1.82) is 0 Å². The summed E-state index contributed by atoms with van der Waals surface area (Å²) in [6.07, 6.45) is 1.70. The van der Waals surface area contributed by atoms with Crippen molar-refractivity contribution in [3.63, 3.8) is 0 Å². The summed E-state index contributed by atoms with van der Waals surface area (Å²) >= 11 is 1.24. The number of ether oxygens (including phenoxy) is 3. The minimum atomic E-state index is -0.805. The molecule has 2 aliphatic rings. The van der Waals surface area contributed by atoms with Gasteiger partial charge in [0.05, 0.1) is 28.5 Å². The van der Waals surface area contributed by atoms with E-state index in [0.29, 0.717) is 43.7 Å². The maximum atomic E-state index is 13.9. The van der Waals surface area contributed by atoms with Crippen LogP contribution in [0, 0.1) is 0 Å². The van der Waals surface area contributed by atoms with Crippen LogP contribution in [-0.4, -0.2) is 38.0 Å². The van der Waals surface area contributed by atoms with E-state index in [2.05, 4.69) is 0 Å². The maximum absolute atomic E-state index is 13.9. The first-order valence-electron chi connectivity index (χ1n) is 12.4. The fourth-order valence-corrected chi connectivity index (χ4v) is 5.61. The van der Waals surface area contributed by atoms with Gasteiger partial charge in [0.1, 0.15) is 5.76 Å². The number of rotatable bonds is 6. The molecule has 198 valence electrons. The van der Waals surface area contributed by atoms with Crippen molar-refractivity contribution in [2.45, 2.75) is 13.0 Å². The maximum Gasteiger partial charge on any atom is 0.338 e. The summed E-state index contributed by atoms with van der Waals surface area (Å²) in [5, 5.41) is 0. The highest BCUT2D eigenvalue weighted by Crippen LogP contribution is 2.40. The topological polar surface area (TPSA) is 95.5 Å². The van der Waals surface area contributed by atoms with Crippen molar-refractivity contribution in [2.24, 2.45) is 4.99 Å². The normalized spacial score (nSPS) is 16.2. The van der Waals surface area contributed by atoms with Crippen LogP contribution in [0.25, 0.3) is 11.8 Å². The molecule has 0 N–H and O–H groups in total. The number of anilines is 1. The van der Waals surface area contributed by atoms with Crippen molar-refractivity contribution < 1.29 is 23.4 Å². The van der Waals surface area contributed by atoms with E-state index in [9.17, 15) is 9.59 Å². The zero-order valence-corrected chi connectivity index (χ0v) is 22.4. The van der Waals surface area contributed by atoms with E-state index < -0.39 is 12.0 Å². The Bertz CT molecular complexity index is 1780. The predicted octanol–water partition coefficient (Wildman–Crippen LogP) is 3.32. The standard InChI is InChI=1S/C29H25N3O6S/c1-4-35-28(34)24-25(17-8-6-5-7-9-17)30-29-32(26(24)18-10-12-20-21(14-18)37-16-36-20)27(33)22(39-29)15-19-11-13-23(38-19)31(2)3/h5-15,26H,4,16H2,1-3H3/t26-/m0/s1. The summed E-state index contributed by atoms with van der Waals surface area (Å²) in [6, 6.07) is 17.7. The van der Waals surface area contributed by atoms with Gasteiger partial charge in [-0.25, -0.2) is 9.79 Å². The van der Waals surface area contributed by atoms with Gasteiger partial charge in [-0.1, -0.05) is 47.7 Å². The molecule has 6 rings (SSSR count). The molecule has 0 radical (unpaired) electrons. The van der Waals surface area contributed by atoms with E-state index in [-0.39, 0.29) is 24.5 Å². The lowest BCUT2D eigenvalue weighted by Gasteiger charge is -2.26. The number of nitrogens with zero attached hydrogens (tertiary/aromatic N) is 3. The molecule has 4 aromatic rings. The summed E-state index contributed by atoms with van der Waals surface area (Å²) in [4.78, 5) is 34.6. The van der Waals surface area contributed by atoms with Crippen molar-refractivity contribution in [1.82, 2.24) is 4.57 Å². The van der Waals surface area contributed by atoms with E-state index in [4.69, 9.17) is 23.6 Å². The zero-order valence-electron chi connectivity index (χ0n) is 21.5. The van der Waals surface area contributed by atoms with E-state index >= 15 is 0 Å². The average Bonchev–Trinajstić information content (AvgIpc) is 3.68. The van der Waals surface area contributed by atoms with Crippen LogP contribution >= 0.6 is 11.3 Å². The zero-order chi connectivity index (χ0) is 27.1. The van der Waals surface area contributed by atoms with Crippen LogP contribution < -0.4 is 29.3 Å². The fraction of sp³-hybridized carbons (Fsp3) is 0.207. The van der Waals surface area contributed by atoms with Crippen LogP contribution in [0.4, 0.5) is 5.88 Å². The third-order valence-electron chi connectivity index (χ3n) is 6.41. The first kappa shape index (κ1) is 24.7. The van der Waals surface area contributed by atoms with Gasteiger partial charge in [-0.15, -0.1) is 0 Å². The highest BCUT2D eigenvalue weighted by atomic mass is 32.1. The summed E-state index contributed by atoms with van der Waals surface area (Å²) in [5.41, 5.74) is 1.85. The number of furan rings is 1. The number of thiazole rings is 1. The molecule has 2 aliphatic heterocycles. The smallest absolute Gasteiger partial charge is 0.338 e. The van der Waals surface area contributed by atoms with Gasteiger partial charge in [0.15, 0.2) is 22.2 Å². The average molecular weight is 544 g/mol. The molecule has 1 atom stereocenters. The summed E-state index contributed by atoms with van der Waals surface area (Å²) in [7, 11) is 3.76. The molecule has 2 aromatic heterocycles. The molecule has 0 spiro atoms. The second-order valence-corrected chi connectivity index (χ2v) is 10.1. The van der Waals surface area contributed by atoms with Gasteiger partial charge in [0.25, 0.3) is 5.56 Å². The Kier molecular flexibility index (Phi) is 6.32. The van der Waals surface area contributed by atoms with Crippen molar-refractivity contribution in [3.8, 4) is 11.5 Å². The molecule has 0 saturated heterocycles. The number of carbonyl (C=O) groups is 1. The molecule has 0 aliphatic carbocycles. The van der Waals surface area contributed by atoms with Crippen molar-refractivity contribution in [2.75, 3.05) is 32.4 Å². The predicted molar refractivity (Wildman–Crippen MR) is 147 cm³/mol. The fourth-order valence-electron chi connectivity index (χ4n) is 4.63. The lowest BCUT2D eigenvalue weighted by molar-refractivity contribution is -0.138. The number of aromatic nitrogens is 1. The summed E-state index contributed by atoms with van der Waals surface area (Å²) in [5.74, 6) is 1.81. The summed E-state index contributed by atoms with van der Waals surface area (Å²) < 4.78 is 24.5. The Hall–Kier alpha value is -4.57. The number of hydrogen-bond acceptors (Lipinski definition) is 9. The van der Waals surface area contributed by atoms with Gasteiger partial charge in [0, 0.05) is 31.8 Å². The molecule has 0 saturated carbocycles. The molecule has 39 heavy (non-hydrogen) atoms. The van der Waals surface area contributed by atoms with Crippen LogP contribution in [0.2, 0.25) is 0 Å². The Morgan fingerprint density at radius 3 is 2.67 bits per heavy atom. The first-order chi connectivity index (χ1) is 18.9.